The minimum Gasteiger partial charge on any atom is -0.406 e. The largest absolute Gasteiger partial charge is 0.573 e. The quantitative estimate of drug-likeness (QED) is 0.560. The predicted octanol–water partition coefficient (Wildman–Crippen LogP) is 4.39. The molecule has 4 rings (SSSR count). The summed E-state index contributed by atoms with van der Waals surface area (Å²) in [6.45, 7) is 0. The molecule has 0 radical (unpaired) electrons. The molecule has 0 saturated heterocycles. The summed E-state index contributed by atoms with van der Waals surface area (Å²) in [4.78, 5) is 3.06. The van der Waals surface area contributed by atoms with Crippen LogP contribution in [0.5, 0.6) is 5.75 Å². The Morgan fingerprint density at radius 2 is 1.89 bits per heavy atom. The second kappa shape index (κ2) is 6.17. The van der Waals surface area contributed by atoms with Gasteiger partial charge in [-0.2, -0.15) is 5.26 Å². The van der Waals surface area contributed by atoms with Crippen LogP contribution < -0.4 is 4.74 Å². The van der Waals surface area contributed by atoms with E-state index < -0.39 is 12.1 Å². The van der Waals surface area contributed by atoms with E-state index in [1.54, 1.807) is 24.4 Å². The highest BCUT2D eigenvalue weighted by Crippen LogP contribution is 2.36. The molecule has 0 unspecified atom stereocenters. The molecule has 6 nitrogen and oxygen atoms in total. The summed E-state index contributed by atoms with van der Waals surface area (Å²) >= 11 is 0. The summed E-state index contributed by atoms with van der Waals surface area (Å²) < 4.78 is 42.5. The Hall–Kier alpha value is -3.80. The van der Waals surface area contributed by atoms with Crippen LogP contribution >= 0.6 is 0 Å². The molecule has 27 heavy (non-hydrogen) atoms. The standard InChI is InChI=1S/C18H10F3N5O/c19-18(20,21)27-12-7-10(13-2-1-3-15-14(13)4-5-23-15)6-11(8-12)17-16(9-22)24-26-25-17/h1-8,23H,(H,24,25,26). The van der Waals surface area contributed by atoms with Crippen LogP contribution in [0.2, 0.25) is 0 Å². The number of fused-ring (bicyclic) bond motifs is 1. The molecular weight excluding hydrogens is 359 g/mol. The third-order valence-electron chi connectivity index (χ3n) is 3.98. The van der Waals surface area contributed by atoms with Crippen LogP contribution in [0.3, 0.4) is 0 Å². The molecule has 0 fully saturated rings. The van der Waals surface area contributed by atoms with Gasteiger partial charge in [-0.05, 0) is 41.5 Å². The van der Waals surface area contributed by atoms with Crippen molar-refractivity contribution in [2.75, 3.05) is 0 Å². The highest BCUT2D eigenvalue weighted by atomic mass is 19.4. The zero-order chi connectivity index (χ0) is 19.0. The fourth-order valence-corrected chi connectivity index (χ4v) is 2.93. The molecule has 2 heterocycles. The predicted molar refractivity (Wildman–Crippen MR) is 90.5 cm³/mol. The number of alkyl halides is 3. The number of aromatic nitrogens is 4. The van der Waals surface area contributed by atoms with Gasteiger partial charge in [-0.1, -0.05) is 17.3 Å². The molecule has 2 N–H and O–H groups in total. The second-order valence-corrected chi connectivity index (χ2v) is 5.69. The maximum atomic E-state index is 12.8. The number of ether oxygens (including phenoxy) is 1. The van der Waals surface area contributed by atoms with E-state index in [4.69, 9.17) is 5.26 Å². The van der Waals surface area contributed by atoms with Gasteiger partial charge in [0.1, 0.15) is 17.5 Å². The number of hydrogen-bond acceptors (Lipinski definition) is 4. The van der Waals surface area contributed by atoms with Crippen LogP contribution in [0.1, 0.15) is 5.69 Å². The van der Waals surface area contributed by atoms with Crippen molar-refractivity contribution in [3.8, 4) is 34.2 Å². The van der Waals surface area contributed by atoms with Gasteiger partial charge in [0.05, 0.1) is 0 Å². The molecule has 0 amide bonds. The number of aromatic amines is 2. The summed E-state index contributed by atoms with van der Waals surface area (Å²) in [5.74, 6) is -0.408. The first kappa shape index (κ1) is 16.7. The molecule has 9 heteroatoms. The number of nitriles is 1. The van der Waals surface area contributed by atoms with E-state index >= 15 is 0 Å². The van der Waals surface area contributed by atoms with Crippen molar-refractivity contribution in [2.24, 2.45) is 0 Å². The lowest BCUT2D eigenvalue weighted by Crippen LogP contribution is -2.17. The molecular formula is C18H10F3N5O. The van der Waals surface area contributed by atoms with Gasteiger partial charge in [0.15, 0.2) is 5.69 Å². The van der Waals surface area contributed by atoms with Crippen LogP contribution in [0, 0.1) is 11.3 Å². The lowest BCUT2D eigenvalue weighted by molar-refractivity contribution is -0.274. The Bertz CT molecular complexity index is 1170. The lowest BCUT2D eigenvalue weighted by atomic mass is 9.98. The highest BCUT2D eigenvalue weighted by Gasteiger charge is 2.31. The van der Waals surface area contributed by atoms with Gasteiger partial charge in [-0.15, -0.1) is 18.3 Å². The smallest absolute Gasteiger partial charge is 0.406 e. The minimum absolute atomic E-state index is 0.0463. The Balaban J connectivity index is 1.94. The first-order chi connectivity index (χ1) is 12.9. The number of benzene rings is 2. The zero-order valence-electron chi connectivity index (χ0n) is 13.5. The topological polar surface area (TPSA) is 90.4 Å². The number of nitrogens with one attached hydrogen (secondary N) is 2. The van der Waals surface area contributed by atoms with E-state index in [-0.39, 0.29) is 17.0 Å². The second-order valence-electron chi connectivity index (χ2n) is 5.69. The van der Waals surface area contributed by atoms with Crippen LogP contribution in [-0.4, -0.2) is 26.8 Å². The van der Waals surface area contributed by atoms with Gasteiger partial charge in [0, 0.05) is 22.7 Å². The van der Waals surface area contributed by atoms with Crippen molar-refractivity contribution in [3.05, 3.63) is 54.4 Å². The van der Waals surface area contributed by atoms with E-state index in [0.29, 0.717) is 11.1 Å². The lowest BCUT2D eigenvalue weighted by Gasteiger charge is -2.13. The van der Waals surface area contributed by atoms with E-state index in [1.165, 1.54) is 12.1 Å². The van der Waals surface area contributed by atoms with Gasteiger partial charge >= 0.3 is 6.36 Å². The van der Waals surface area contributed by atoms with Gasteiger partial charge in [-0.25, -0.2) is 5.10 Å². The van der Waals surface area contributed by atoms with Crippen molar-refractivity contribution in [3.63, 3.8) is 0 Å². The minimum atomic E-state index is -4.85. The number of rotatable bonds is 3. The monoisotopic (exact) mass is 369 g/mol. The molecule has 134 valence electrons. The van der Waals surface area contributed by atoms with E-state index in [9.17, 15) is 13.2 Å². The normalized spacial score (nSPS) is 11.5. The van der Waals surface area contributed by atoms with Crippen LogP contribution in [0.4, 0.5) is 13.2 Å². The Kier molecular flexibility index (Phi) is 3.81. The first-order valence-corrected chi connectivity index (χ1v) is 7.73. The van der Waals surface area contributed by atoms with Gasteiger partial charge in [0.2, 0.25) is 0 Å². The number of nitrogens with zero attached hydrogens (tertiary/aromatic N) is 3. The van der Waals surface area contributed by atoms with E-state index in [0.717, 1.165) is 10.9 Å². The van der Waals surface area contributed by atoms with Crippen LogP contribution in [0.15, 0.2) is 48.7 Å². The van der Waals surface area contributed by atoms with E-state index in [1.807, 2.05) is 18.2 Å². The summed E-state index contributed by atoms with van der Waals surface area (Å²) in [5, 5.41) is 19.8. The maximum absolute atomic E-state index is 12.8. The SMILES string of the molecule is N#Cc1[nH]nnc1-c1cc(OC(F)(F)F)cc(-c2cccc3[nH]ccc23)c1. The molecule has 2 aromatic heterocycles. The van der Waals surface area contributed by atoms with Crippen molar-refractivity contribution in [1.29, 1.82) is 5.26 Å². The molecule has 0 aliphatic rings. The van der Waals surface area contributed by atoms with Crippen LogP contribution in [0.25, 0.3) is 33.3 Å². The molecule has 0 saturated carbocycles. The molecule has 2 aromatic carbocycles. The van der Waals surface area contributed by atoms with Gasteiger partial charge in [0.25, 0.3) is 0 Å². The molecule has 0 aliphatic heterocycles. The van der Waals surface area contributed by atoms with Crippen molar-refractivity contribution in [1.82, 2.24) is 20.4 Å². The summed E-state index contributed by atoms with van der Waals surface area (Å²) in [6.07, 6.45) is -3.10. The third kappa shape index (κ3) is 3.20. The summed E-state index contributed by atoms with van der Waals surface area (Å²) in [5.41, 5.74) is 2.52. The van der Waals surface area contributed by atoms with Gasteiger partial charge < -0.3 is 9.72 Å². The van der Waals surface area contributed by atoms with E-state index in [2.05, 4.69) is 25.1 Å². The van der Waals surface area contributed by atoms with Crippen molar-refractivity contribution in [2.45, 2.75) is 6.36 Å². The average Bonchev–Trinajstić information content (AvgIpc) is 3.28. The Morgan fingerprint density at radius 3 is 2.67 bits per heavy atom. The van der Waals surface area contributed by atoms with Crippen LogP contribution in [-0.2, 0) is 0 Å². The van der Waals surface area contributed by atoms with Crippen molar-refractivity contribution < 1.29 is 17.9 Å². The number of H-pyrrole nitrogens is 2. The summed E-state index contributed by atoms with van der Waals surface area (Å²) in [6, 6.07) is 13.3. The Labute approximate surface area is 150 Å². The first-order valence-electron chi connectivity index (χ1n) is 7.73. The molecule has 0 bridgehead atoms. The summed E-state index contributed by atoms with van der Waals surface area (Å²) in [7, 11) is 0. The average molecular weight is 369 g/mol. The maximum Gasteiger partial charge on any atom is 0.573 e. The molecule has 0 aliphatic carbocycles. The number of halogens is 3. The molecule has 0 spiro atoms. The third-order valence-corrected chi connectivity index (χ3v) is 3.98. The highest BCUT2D eigenvalue weighted by molar-refractivity contribution is 5.96. The van der Waals surface area contributed by atoms with Gasteiger partial charge in [-0.3, -0.25) is 0 Å². The fourth-order valence-electron chi connectivity index (χ4n) is 2.93. The molecule has 0 atom stereocenters. The van der Waals surface area contributed by atoms with Crippen molar-refractivity contribution >= 4 is 10.9 Å². The molecule has 4 aromatic rings. The number of hydrogen-bond donors (Lipinski definition) is 2. The fraction of sp³-hybridized carbons (Fsp3) is 0.0556. The Morgan fingerprint density at radius 1 is 1.07 bits per heavy atom. The zero-order valence-corrected chi connectivity index (χ0v) is 13.5.